The van der Waals surface area contributed by atoms with E-state index in [9.17, 15) is 4.79 Å². The Bertz CT molecular complexity index is 420. The van der Waals surface area contributed by atoms with Crippen molar-refractivity contribution in [3.8, 4) is 0 Å². The van der Waals surface area contributed by atoms with Gasteiger partial charge in [-0.2, -0.15) is 0 Å². The minimum atomic E-state index is -0.162. The standard InChI is InChI=1S/C14H19ClN2O.ClH/c1-10(11-4-2-5-12(15)8-11)14(18)17-9-13-6-3-7-16-13;/h2,4-5,8,10,13,16H,3,6-7,9H2,1H3,(H,17,18);1H. The van der Waals surface area contributed by atoms with Gasteiger partial charge in [0.25, 0.3) is 0 Å². The van der Waals surface area contributed by atoms with Gasteiger partial charge in [0.15, 0.2) is 0 Å². The number of halogens is 2. The van der Waals surface area contributed by atoms with Crippen LogP contribution >= 0.6 is 24.0 Å². The summed E-state index contributed by atoms with van der Waals surface area (Å²) in [5.74, 6) is -0.101. The van der Waals surface area contributed by atoms with Gasteiger partial charge in [0.1, 0.15) is 0 Å². The highest BCUT2D eigenvalue weighted by atomic mass is 35.5. The van der Waals surface area contributed by atoms with Gasteiger partial charge in [-0.25, -0.2) is 0 Å². The van der Waals surface area contributed by atoms with Crippen LogP contribution in [0.25, 0.3) is 0 Å². The molecule has 106 valence electrons. The van der Waals surface area contributed by atoms with E-state index in [0.29, 0.717) is 17.6 Å². The molecule has 1 fully saturated rings. The fraction of sp³-hybridized carbons (Fsp3) is 0.500. The Morgan fingerprint density at radius 2 is 2.37 bits per heavy atom. The zero-order valence-corrected chi connectivity index (χ0v) is 12.6. The molecule has 2 rings (SSSR count). The van der Waals surface area contributed by atoms with Gasteiger partial charge in [-0.3, -0.25) is 4.79 Å². The predicted octanol–water partition coefficient (Wildman–Crippen LogP) is 2.73. The number of hydrogen-bond donors (Lipinski definition) is 2. The van der Waals surface area contributed by atoms with Crippen molar-refractivity contribution in [2.24, 2.45) is 0 Å². The summed E-state index contributed by atoms with van der Waals surface area (Å²) in [5, 5.41) is 7.03. The van der Waals surface area contributed by atoms with Gasteiger partial charge in [0, 0.05) is 17.6 Å². The summed E-state index contributed by atoms with van der Waals surface area (Å²) in [7, 11) is 0. The highest BCUT2D eigenvalue weighted by Gasteiger charge is 2.18. The topological polar surface area (TPSA) is 41.1 Å². The molecule has 1 aliphatic rings. The van der Waals surface area contributed by atoms with Crippen molar-refractivity contribution in [2.75, 3.05) is 13.1 Å². The molecule has 1 heterocycles. The molecule has 19 heavy (non-hydrogen) atoms. The van der Waals surface area contributed by atoms with E-state index in [1.165, 1.54) is 6.42 Å². The van der Waals surface area contributed by atoms with E-state index in [1.54, 1.807) is 0 Å². The SMILES string of the molecule is CC(C(=O)NCC1CCCN1)c1cccc(Cl)c1.Cl. The maximum atomic E-state index is 12.0. The van der Waals surface area contributed by atoms with Crippen molar-refractivity contribution >= 4 is 29.9 Å². The van der Waals surface area contributed by atoms with Gasteiger partial charge in [-0.15, -0.1) is 12.4 Å². The number of carbonyl (C=O) groups excluding carboxylic acids is 1. The lowest BCUT2D eigenvalue weighted by Gasteiger charge is -2.15. The molecule has 2 unspecified atom stereocenters. The fourth-order valence-electron chi connectivity index (χ4n) is 2.24. The van der Waals surface area contributed by atoms with Crippen LogP contribution in [0.3, 0.4) is 0 Å². The van der Waals surface area contributed by atoms with E-state index >= 15 is 0 Å². The van der Waals surface area contributed by atoms with E-state index in [0.717, 1.165) is 18.5 Å². The Morgan fingerprint density at radius 3 is 3.00 bits per heavy atom. The van der Waals surface area contributed by atoms with Crippen LogP contribution in [-0.2, 0) is 4.79 Å². The number of hydrogen-bond acceptors (Lipinski definition) is 2. The van der Waals surface area contributed by atoms with Crippen LogP contribution in [0.5, 0.6) is 0 Å². The van der Waals surface area contributed by atoms with Crippen LogP contribution in [0.15, 0.2) is 24.3 Å². The molecule has 0 saturated carbocycles. The normalized spacial score (nSPS) is 19.6. The van der Waals surface area contributed by atoms with Gasteiger partial charge < -0.3 is 10.6 Å². The van der Waals surface area contributed by atoms with E-state index < -0.39 is 0 Å². The smallest absolute Gasteiger partial charge is 0.227 e. The fourth-order valence-corrected chi connectivity index (χ4v) is 2.43. The minimum absolute atomic E-state index is 0. The van der Waals surface area contributed by atoms with Crippen molar-refractivity contribution < 1.29 is 4.79 Å². The summed E-state index contributed by atoms with van der Waals surface area (Å²) in [5.41, 5.74) is 0.958. The van der Waals surface area contributed by atoms with Gasteiger partial charge in [-0.05, 0) is 44.0 Å². The Labute approximate surface area is 125 Å². The molecule has 0 aliphatic carbocycles. The summed E-state index contributed by atoms with van der Waals surface area (Å²) in [6.07, 6.45) is 2.34. The second kappa shape index (κ2) is 7.73. The van der Waals surface area contributed by atoms with Gasteiger partial charge in [0.2, 0.25) is 5.91 Å². The highest BCUT2D eigenvalue weighted by Crippen LogP contribution is 2.19. The van der Waals surface area contributed by atoms with E-state index in [-0.39, 0.29) is 24.2 Å². The van der Waals surface area contributed by atoms with Crippen LogP contribution in [0.2, 0.25) is 5.02 Å². The third-order valence-electron chi connectivity index (χ3n) is 3.43. The van der Waals surface area contributed by atoms with Crippen LogP contribution < -0.4 is 10.6 Å². The molecule has 0 radical (unpaired) electrons. The minimum Gasteiger partial charge on any atom is -0.354 e. The molecule has 2 atom stereocenters. The molecule has 0 aromatic heterocycles. The first-order valence-electron chi connectivity index (χ1n) is 6.43. The van der Waals surface area contributed by atoms with Gasteiger partial charge >= 0.3 is 0 Å². The van der Waals surface area contributed by atoms with Crippen molar-refractivity contribution in [1.29, 1.82) is 0 Å². The lowest BCUT2D eigenvalue weighted by Crippen LogP contribution is -2.38. The number of benzene rings is 1. The Morgan fingerprint density at radius 1 is 1.58 bits per heavy atom. The lowest BCUT2D eigenvalue weighted by atomic mass is 10.0. The van der Waals surface area contributed by atoms with E-state index in [4.69, 9.17) is 11.6 Å². The predicted molar refractivity (Wildman–Crippen MR) is 81.1 cm³/mol. The van der Waals surface area contributed by atoms with E-state index in [1.807, 2.05) is 31.2 Å². The van der Waals surface area contributed by atoms with Crippen molar-refractivity contribution in [3.05, 3.63) is 34.9 Å². The largest absolute Gasteiger partial charge is 0.354 e. The molecule has 0 spiro atoms. The third-order valence-corrected chi connectivity index (χ3v) is 3.66. The molecule has 5 heteroatoms. The first-order valence-corrected chi connectivity index (χ1v) is 6.81. The first kappa shape index (κ1) is 16.3. The van der Waals surface area contributed by atoms with Crippen LogP contribution in [0.4, 0.5) is 0 Å². The van der Waals surface area contributed by atoms with Crippen molar-refractivity contribution in [3.63, 3.8) is 0 Å². The molecule has 1 aliphatic heterocycles. The lowest BCUT2D eigenvalue weighted by molar-refractivity contribution is -0.122. The zero-order valence-electron chi connectivity index (χ0n) is 11.0. The Balaban J connectivity index is 0.00000180. The van der Waals surface area contributed by atoms with E-state index in [2.05, 4.69) is 10.6 Å². The molecular formula is C14H20Cl2N2O. The average Bonchev–Trinajstić information content (AvgIpc) is 2.88. The molecule has 0 bridgehead atoms. The third kappa shape index (κ3) is 4.68. The molecule has 2 N–H and O–H groups in total. The van der Waals surface area contributed by atoms with Crippen molar-refractivity contribution in [1.82, 2.24) is 10.6 Å². The molecule has 1 aromatic carbocycles. The molecule has 1 aromatic rings. The maximum Gasteiger partial charge on any atom is 0.227 e. The molecule has 1 amide bonds. The number of carbonyl (C=O) groups is 1. The van der Waals surface area contributed by atoms with Gasteiger partial charge in [-0.1, -0.05) is 23.7 Å². The number of rotatable bonds is 4. The Kier molecular flexibility index (Phi) is 6.63. The second-order valence-corrected chi connectivity index (χ2v) is 5.25. The quantitative estimate of drug-likeness (QED) is 0.898. The van der Waals surface area contributed by atoms with Crippen molar-refractivity contribution in [2.45, 2.75) is 31.7 Å². The number of nitrogens with one attached hydrogen (secondary N) is 2. The number of amides is 1. The molecular weight excluding hydrogens is 283 g/mol. The van der Waals surface area contributed by atoms with Gasteiger partial charge in [0.05, 0.1) is 5.92 Å². The van der Waals surface area contributed by atoms with Crippen LogP contribution in [-0.4, -0.2) is 25.0 Å². The summed E-state index contributed by atoms with van der Waals surface area (Å²) in [6, 6.07) is 7.90. The molecule has 3 nitrogen and oxygen atoms in total. The second-order valence-electron chi connectivity index (χ2n) is 4.82. The molecule has 1 saturated heterocycles. The summed E-state index contributed by atoms with van der Waals surface area (Å²) in [4.78, 5) is 12.0. The maximum absolute atomic E-state index is 12.0. The van der Waals surface area contributed by atoms with Crippen LogP contribution in [0, 0.1) is 0 Å². The monoisotopic (exact) mass is 302 g/mol. The summed E-state index contributed by atoms with van der Waals surface area (Å²) < 4.78 is 0. The zero-order chi connectivity index (χ0) is 13.0. The average molecular weight is 303 g/mol. The summed E-state index contributed by atoms with van der Waals surface area (Å²) in [6.45, 7) is 3.68. The van der Waals surface area contributed by atoms with Crippen LogP contribution in [0.1, 0.15) is 31.2 Å². The first-order chi connectivity index (χ1) is 8.66. The Hall–Kier alpha value is -0.770. The highest BCUT2D eigenvalue weighted by molar-refractivity contribution is 6.30. The summed E-state index contributed by atoms with van der Waals surface area (Å²) >= 11 is 5.93.